The highest BCUT2D eigenvalue weighted by Gasteiger charge is 2.19. The Hall–Kier alpha value is -2.21. The van der Waals surface area contributed by atoms with E-state index in [4.69, 9.17) is 4.74 Å². The van der Waals surface area contributed by atoms with E-state index in [0.29, 0.717) is 23.9 Å². The molecule has 0 aliphatic carbocycles. The van der Waals surface area contributed by atoms with Crippen molar-refractivity contribution in [1.29, 1.82) is 0 Å². The molecule has 0 radical (unpaired) electrons. The van der Waals surface area contributed by atoms with Crippen molar-refractivity contribution in [2.45, 2.75) is 32.2 Å². The predicted molar refractivity (Wildman–Crippen MR) is 90.6 cm³/mol. The Balaban J connectivity index is 1.55. The number of nitrogens with one attached hydrogen (secondary N) is 1. The zero-order chi connectivity index (χ0) is 16.9. The molecule has 0 saturated carbocycles. The second-order valence-corrected chi connectivity index (χ2v) is 6.18. The fourth-order valence-electron chi connectivity index (χ4n) is 3.06. The standard InChI is InChI=1S/C18H22FN3O2/c1-13-4-2-9-22(13)10-3-11-24-17-7-5-14(12-15(17)19)16-6-8-18(23)21-20-16/h5-8,12-13H,2-4,9-11H2,1H3,(H,21,23). The smallest absolute Gasteiger partial charge is 0.264 e. The Kier molecular flexibility index (Phi) is 5.25. The summed E-state index contributed by atoms with van der Waals surface area (Å²) < 4.78 is 19.7. The SMILES string of the molecule is CC1CCCN1CCCOc1ccc(-c2ccc(=O)[nH]n2)cc1F. The highest BCUT2D eigenvalue weighted by atomic mass is 19.1. The van der Waals surface area contributed by atoms with Gasteiger partial charge in [-0.15, -0.1) is 0 Å². The number of likely N-dealkylation sites (tertiary alicyclic amines) is 1. The van der Waals surface area contributed by atoms with E-state index >= 15 is 0 Å². The first-order valence-electron chi connectivity index (χ1n) is 8.36. The van der Waals surface area contributed by atoms with Crippen LogP contribution in [0.5, 0.6) is 5.75 Å². The van der Waals surface area contributed by atoms with E-state index in [1.165, 1.54) is 25.0 Å². The summed E-state index contributed by atoms with van der Waals surface area (Å²) in [5, 5.41) is 6.24. The summed E-state index contributed by atoms with van der Waals surface area (Å²) in [5.74, 6) is -0.173. The molecule has 1 atom stereocenters. The maximum Gasteiger partial charge on any atom is 0.264 e. The number of aromatic nitrogens is 2. The number of halogens is 1. The second-order valence-electron chi connectivity index (χ2n) is 6.18. The van der Waals surface area contributed by atoms with Crippen molar-refractivity contribution in [3.05, 3.63) is 46.5 Å². The molecule has 6 heteroatoms. The van der Waals surface area contributed by atoms with Crippen LogP contribution in [0.4, 0.5) is 4.39 Å². The molecule has 1 saturated heterocycles. The molecule has 2 aromatic rings. The van der Waals surface area contributed by atoms with Gasteiger partial charge in [0.1, 0.15) is 0 Å². The number of benzene rings is 1. The zero-order valence-corrected chi connectivity index (χ0v) is 13.8. The lowest BCUT2D eigenvalue weighted by atomic mass is 10.1. The molecule has 5 nitrogen and oxygen atoms in total. The third-order valence-electron chi connectivity index (χ3n) is 4.44. The molecule has 1 fully saturated rings. The van der Waals surface area contributed by atoms with Crippen molar-refractivity contribution in [2.24, 2.45) is 0 Å². The van der Waals surface area contributed by atoms with Crippen molar-refractivity contribution >= 4 is 0 Å². The maximum atomic E-state index is 14.2. The molecule has 1 aliphatic heterocycles. The van der Waals surface area contributed by atoms with Crippen LogP contribution in [-0.4, -0.2) is 40.8 Å². The Morgan fingerprint density at radius 2 is 2.25 bits per heavy atom. The third-order valence-corrected chi connectivity index (χ3v) is 4.44. The van der Waals surface area contributed by atoms with Crippen LogP contribution in [0.3, 0.4) is 0 Å². The number of rotatable bonds is 6. The predicted octanol–water partition coefficient (Wildman–Crippen LogP) is 2.83. The van der Waals surface area contributed by atoms with Crippen LogP contribution in [0, 0.1) is 5.82 Å². The maximum absolute atomic E-state index is 14.2. The van der Waals surface area contributed by atoms with Gasteiger partial charge in [-0.25, -0.2) is 9.49 Å². The first-order valence-corrected chi connectivity index (χ1v) is 8.36. The van der Waals surface area contributed by atoms with Gasteiger partial charge < -0.3 is 9.64 Å². The fourth-order valence-corrected chi connectivity index (χ4v) is 3.06. The van der Waals surface area contributed by atoms with Gasteiger partial charge >= 0.3 is 0 Å². The van der Waals surface area contributed by atoms with Crippen molar-refractivity contribution < 1.29 is 9.13 Å². The quantitative estimate of drug-likeness (QED) is 0.827. The summed E-state index contributed by atoms with van der Waals surface area (Å²) in [7, 11) is 0. The van der Waals surface area contributed by atoms with Gasteiger partial charge in [0.15, 0.2) is 11.6 Å². The van der Waals surface area contributed by atoms with Crippen LogP contribution in [-0.2, 0) is 0 Å². The van der Waals surface area contributed by atoms with Gasteiger partial charge in [-0.2, -0.15) is 5.10 Å². The van der Waals surface area contributed by atoms with E-state index in [0.717, 1.165) is 19.5 Å². The highest BCUT2D eigenvalue weighted by Crippen LogP contribution is 2.24. The van der Waals surface area contributed by atoms with Crippen LogP contribution in [0.15, 0.2) is 35.1 Å². The van der Waals surface area contributed by atoms with Crippen molar-refractivity contribution in [2.75, 3.05) is 19.7 Å². The van der Waals surface area contributed by atoms with Gasteiger partial charge in [0, 0.05) is 24.2 Å². The van der Waals surface area contributed by atoms with E-state index in [1.54, 1.807) is 18.2 Å². The first-order chi connectivity index (χ1) is 11.6. The zero-order valence-electron chi connectivity index (χ0n) is 13.8. The number of H-pyrrole nitrogens is 1. The summed E-state index contributed by atoms with van der Waals surface area (Å²) in [4.78, 5) is 13.5. The topological polar surface area (TPSA) is 58.2 Å². The van der Waals surface area contributed by atoms with Gasteiger partial charge in [-0.05, 0) is 57.0 Å². The fraction of sp³-hybridized carbons (Fsp3) is 0.444. The largest absolute Gasteiger partial charge is 0.490 e. The first kappa shape index (κ1) is 16.6. The number of aromatic amines is 1. The summed E-state index contributed by atoms with van der Waals surface area (Å²) >= 11 is 0. The van der Waals surface area contributed by atoms with Gasteiger partial charge in [0.2, 0.25) is 0 Å². The molecule has 1 aromatic carbocycles. The van der Waals surface area contributed by atoms with Crippen LogP contribution in [0.1, 0.15) is 26.2 Å². The molecule has 0 spiro atoms. The lowest BCUT2D eigenvalue weighted by Gasteiger charge is -2.20. The molecule has 1 aliphatic rings. The van der Waals surface area contributed by atoms with Gasteiger partial charge in [0.05, 0.1) is 12.3 Å². The summed E-state index contributed by atoms with van der Waals surface area (Å²) in [6, 6.07) is 8.29. The lowest BCUT2D eigenvalue weighted by Crippen LogP contribution is -2.28. The van der Waals surface area contributed by atoms with E-state index in [1.807, 2.05) is 0 Å². The Morgan fingerprint density at radius 3 is 2.92 bits per heavy atom. The minimum atomic E-state index is -0.421. The molecular formula is C18H22FN3O2. The van der Waals surface area contributed by atoms with Crippen LogP contribution in [0.2, 0.25) is 0 Å². The Bertz CT molecular complexity index is 727. The van der Waals surface area contributed by atoms with E-state index in [2.05, 4.69) is 22.0 Å². The van der Waals surface area contributed by atoms with E-state index in [-0.39, 0.29) is 11.3 Å². The average molecular weight is 331 g/mol. The number of nitrogens with zero attached hydrogens (tertiary/aromatic N) is 2. The Labute approximate surface area is 140 Å². The minimum absolute atomic E-state index is 0.248. The van der Waals surface area contributed by atoms with Crippen molar-refractivity contribution in [1.82, 2.24) is 15.1 Å². The van der Waals surface area contributed by atoms with Crippen LogP contribution < -0.4 is 10.3 Å². The summed E-state index contributed by atoms with van der Waals surface area (Å²) in [6.07, 6.45) is 3.40. The number of hydrogen-bond acceptors (Lipinski definition) is 4. The normalized spacial score (nSPS) is 18.0. The minimum Gasteiger partial charge on any atom is -0.490 e. The molecule has 0 bridgehead atoms. The van der Waals surface area contributed by atoms with E-state index in [9.17, 15) is 9.18 Å². The Morgan fingerprint density at radius 1 is 1.38 bits per heavy atom. The molecule has 24 heavy (non-hydrogen) atoms. The van der Waals surface area contributed by atoms with Crippen molar-refractivity contribution in [3.8, 4) is 17.0 Å². The molecule has 1 N–H and O–H groups in total. The van der Waals surface area contributed by atoms with Gasteiger partial charge in [-0.3, -0.25) is 4.79 Å². The molecular weight excluding hydrogens is 309 g/mol. The third kappa shape index (κ3) is 4.00. The molecule has 0 amide bonds. The average Bonchev–Trinajstić information content (AvgIpc) is 2.98. The van der Waals surface area contributed by atoms with Gasteiger partial charge in [0.25, 0.3) is 5.56 Å². The van der Waals surface area contributed by atoms with Gasteiger partial charge in [-0.1, -0.05) is 0 Å². The number of ether oxygens (including phenoxy) is 1. The van der Waals surface area contributed by atoms with Crippen LogP contribution in [0.25, 0.3) is 11.3 Å². The monoisotopic (exact) mass is 331 g/mol. The van der Waals surface area contributed by atoms with E-state index < -0.39 is 5.82 Å². The summed E-state index contributed by atoms with van der Waals surface area (Å²) in [5.41, 5.74) is 0.830. The highest BCUT2D eigenvalue weighted by molar-refractivity contribution is 5.59. The second kappa shape index (κ2) is 7.57. The van der Waals surface area contributed by atoms with Crippen LogP contribution >= 0.6 is 0 Å². The van der Waals surface area contributed by atoms with Crippen molar-refractivity contribution in [3.63, 3.8) is 0 Å². The molecule has 3 rings (SSSR count). The molecule has 1 unspecified atom stereocenters. The summed E-state index contributed by atoms with van der Waals surface area (Å²) in [6.45, 7) is 4.88. The molecule has 1 aromatic heterocycles. The molecule has 2 heterocycles. The molecule has 128 valence electrons. The lowest BCUT2D eigenvalue weighted by molar-refractivity contribution is 0.226. The number of hydrogen-bond donors (Lipinski definition) is 1.